The van der Waals surface area contributed by atoms with Crippen molar-refractivity contribution in [1.29, 1.82) is 0 Å². The third-order valence-electron chi connectivity index (χ3n) is 3.16. The maximum Gasteiger partial charge on any atom is 0.320 e. The van der Waals surface area contributed by atoms with E-state index in [0.29, 0.717) is 16.6 Å². The molecule has 0 saturated carbocycles. The second-order valence-electron chi connectivity index (χ2n) is 5.19. The van der Waals surface area contributed by atoms with Gasteiger partial charge in [0, 0.05) is 22.5 Å². The van der Waals surface area contributed by atoms with Crippen LogP contribution in [0.3, 0.4) is 0 Å². The molecule has 0 aliphatic rings. The van der Waals surface area contributed by atoms with Crippen LogP contribution >= 0.6 is 34.5 Å². The molecule has 0 unspecified atom stereocenters. The molecule has 0 radical (unpaired) electrons. The average Bonchev–Trinajstić information content (AvgIpc) is 2.89. The van der Waals surface area contributed by atoms with E-state index in [9.17, 15) is 4.79 Å². The van der Waals surface area contributed by atoms with E-state index in [1.54, 1.807) is 18.2 Å². The van der Waals surface area contributed by atoms with Crippen molar-refractivity contribution in [2.75, 3.05) is 0 Å². The van der Waals surface area contributed by atoms with Gasteiger partial charge < -0.3 is 5.11 Å². The lowest BCUT2D eigenvalue weighted by atomic mass is 10.1. The summed E-state index contributed by atoms with van der Waals surface area (Å²) in [5.74, 6) is -0.857. The fourth-order valence-corrected chi connectivity index (χ4v) is 3.15. The highest BCUT2D eigenvalue weighted by Crippen LogP contribution is 2.31. The van der Waals surface area contributed by atoms with Gasteiger partial charge in [-0.05, 0) is 24.1 Å². The summed E-state index contributed by atoms with van der Waals surface area (Å²) >= 11 is 13.6. The predicted molar refractivity (Wildman–Crippen MR) is 90.7 cm³/mol. The molecule has 0 aliphatic heterocycles. The molecule has 2 N–H and O–H groups in total. The zero-order valence-corrected chi connectivity index (χ0v) is 14.5. The van der Waals surface area contributed by atoms with Gasteiger partial charge in [-0.2, -0.15) is 0 Å². The molecule has 1 aromatic heterocycles. The number of carbonyl (C=O) groups is 1. The molecule has 0 spiro atoms. The highest BCUT2D eigenvalue weighted by atomic mass is 35.5. The van der Waals surface area contributed by atoms with E-state index in [1.807, 2.05) is 19.2 Å². The molecule has 2 aromatic rings. The minimum absolute atomic E-state index is 0.000642. The molecule has 7 heteroatoms. The number of hydrogen-bond donors (Lipinski definition) is 2. The van der Waals surface area contributed by atoms with Crippen molar-refractivity contribution >= 4 is 40.5 Å². The zero-order valence-electron chi connectivity index (χ0n) is 12.1. The number of aromatic nitrogens is 1. The largest absolute Gasteiger partial charge is 0.480 e. The lowest BCUT2D eigenvalue weighted by molar-refractivity contribution is -0.140. The average molecular weight is 359 g/mol. The maximum absolute atomic E-state index is 11.2. The third kappa shape index (κ3) is 4.20. The quantitative estimate of drug-likeness (QED) is 0.807. The first kappa shape index (κ1) is 17.2. The number of hydrogen-bond acceptors (Lipinski definition) is 4. The Bertz CT molecular complexity index is 673. The minimum Gasteiger partial charge on any atom is -0.480 e. The summed E-state index contributed by atoms with van der Waals surface area (Å²) in [5.41, 5.74) is 1.51. The lowest BCUT2D eigenvalue weighted by Crippen LogP contribution is -2.40. The molecule has 118 valence electrons. The topological polar surface area (TPSA) is 62.2 Å². The first-order valence-electron chi connectivity index (χ1n) is 6.74. The van der Waals surface area contributed by atoms with Crippen LogP contribution in [0, 0.1) is 5.92 Å². The molecule has 1 atom stereocenters. The van der Waals surface area contributed by atoms with E-state index in [1.165, 1.54) is 11.3 Å². The summed E-state index contributed by atoms with van der Waals surface area (Å²) in [6, 6.07) is 4.63. The van der Waals surface area contributed by atoms with Crippen molar-refractivity contribution in [3.8, 4) is 11.3 Å². The number of aliphatic carboxylic acids is 1. The van der Waals surface area contributed by atoms with Gasteiger partial charge in [-0.15, -0.1) is 11.3 Å². The Balaban J connectivity index is 2.12. The Hall–Kier alpha value is -1.14. The number of carboxylic acids is 1. The van der Waals surface area contributed by atoms with Crippen molar-refractivity contribution in [2.45, 2.75) is 26.4 Å². The van der Waals surface area contributed by atoms with Crippen LogP contribution in [0.15, 0.2) is 23.6 Å². The van der Waals surface area contributed by atoms with Crippen LogP contribution in [0.2, 0.25) is 10.0 Å². The Morgan fingerprint density at radius 1 is 1.41 bits per heavy atom. The molecule has 0 bridgehead atoms. The molecule has 1 aromatic carbocycles. The highest BCUT2D eigenvalue weighted by Gasteiger charge is 2.21. The van der Waals surface area contributed by atoms with Crippen molar-refractivity contribution in [3.05, 3.63) is 38.6 Å². The summed E-state index contributed by atoms with van der Waals surface area (Å²) in [6.07, 6.45) is 0. The van der Waals surface area contributed by atoms with Crippen LogP contribution in [0.1, 0.15) is 18.9 Å². The Morgan fingerprint density at radius 3 is 2.77 bits per heavy atom. The van der Waals surface area contributed by atoms with Crippen molar-refractivity contribution in [2.24, 2.45) is 5.92 Å². The Kier molecular flexibility index (Phi) is 5.81. The SMILES string of the molecule is CC(C)[C@H](NCc1nc(-c2cc(Cl)ccc2Cl)cs1)C(=O)O. The number of halogens is 2. The first-order chi connectivity index (χ1) is 10.4. The van der Waals surface area contributed by atoms with Gasteiger partial charge in [0.2, 0.25) is 0 Å². The molecular weight excluding hydrogens is 343 g/mol. The van der Waals surface area contributed by atoms with Gasteiger partial charge in [0.1, 0.15) is 11.0 Å². The zero-order chi connectivity index (χ0) is 16.3. The number of nitrogens with zero attached hydrogens (tertiary/aromatic N) is 1. The van der Waals surface area contributed by atoms with Gasteiger partial charge >= 0.3 is 5.97 Å². The fourth-order valence-electron chi connectivity index (χ4n) is 2.02. The molecule has 0 aliphatic carbocycles. The molecular formula is C15H16Cl2N2O2S. The van der Waals surface area contributed by atoms with Gasteiger partial charge in [-0.3, -0.25) is 10.1 Å². The maximum atomic E-state index is 11.2. The summed E-state index contributed by atoms with van der Waals surface area (Å²) in [7, 11) is 0. The van der Waals surface area contributed by atoms with E-state index in [0.717, 1.165) is 16.3 Å². The summed E-state index contributed by atoms with van der Waals surface area (Å²) in [5, 5.41) is 16.0. The first-order valence-corrected chi connectivity index (χ1v) is 8.38. The van der Waals surface area contributed by atoms with E-state index >= 15 is 0 Å². The van der Waals surface area contributed by atoms with Crippen LogP contribution in [0.5, 0.6) is 0 Å². The summed E-state index contributed by atoms with van der Waals surface area (Å²) in [4.78, 5) is 15.7. The number of carboxylic acid groups (broad SMARTS) is 1. The van der Waals surface area contributed by atoms with Crippen LogP contribution in [0.25, 0.3) is 11.3 Å². The number of nitrogens with one attached hydrogen (secondary N) is 1. The van der Waals surface area contributed by atoms with Gasteiger partial charge in [0.05, 0.1) is 10.7 Å². The van der Waals surface area contributed by atoms with Crippen LogP contribution in [-0.2, 0) is 11.3 Å². The Morgan fingerprint density at radius 2 is 2.14 bits per heavy atom. The van der Waals surface area contributed by atoms with Gasteiger partial charge in [0.15, 0.2) is 0 Å². The van der Waals surface area contributed by atoms with Gasteiger partial charge in [0.25, 0.3) is 0 Å². The van der Waals surface area contributed by atoms with Crippen LogP contribution in [0.4, 0.5) is 0 Å². The number of rotatable bonds is 6. The normalized spacial score (nSPS) is 12.6. The monoisotopic (exact) mass is 358 g/mol. The number of benzene rings is 1. The summed E-state index contributed by atoms with van der Waals surface area (Å²) < 4.78 is 0. The van der Waals surface area contributed by atoms with Crippen LogP contribution < -0.4 is 5.32 Å². The Labute approximate surface area is 143 Å². The molecule has 4 nitrogen and oxygen atoms in total. The second kappa shape index (κ2) is 7.42. The standard InChI is InChI=1S/C15H16Cl2N2O2S/c1-8(2)14(15(20)21)18-6-13-19-12(7-22-13)10-5-9(16)3-4-11(10)17/h3-5,7-8,14,18H,6H2,1-2H3,(H,20,21)/t14-/m0/s1. The minimum atomic E-state index is -0.857. The predicted octanol–water partition coefficient (Wildman–Crippen LogP) is 4.32. The number of thiazole rings is 1. The second-order valence-corrected chi connectivity index (χ2v) is 6.98. The van der Waals surface area contributed by atoms with Crippen molar-refractivity contribution in [1.82, 2.24) is 10.3 Å². The summed E-state index contributed by atoms with van der Waals surface area (Å²) in [6.45, 7) is 4.13. The highest BCUT2D eigenvalue weighted by molar-refractivity contribution is 7.09. The molecule has 22 heavy (non-hydrogen) atoms. The molecule has 0 saturated heterocycles. The van der Waals surface area contributed by atoms with Gasteiger partial charge in [-0.25, -0.2) is 4.98 Å². The third-order valence-corrected chi connectivity index (χ3v) is 4.58. The fraction of sp³-hybridized carbons (Fsp3) is 0.333. The van der Waals surface area contributed by atoms with E-state index in [2.05, 4.69) is 10.3 Å². The smallest absolute Gasteiger partial charge is 0.320 e. The van der Waals surface area contributed by atoms with E-state index < -0.39 is 12.0 Å². The van der Waals surface area contributed by atoms with E-state index in [-0.39, 0.29) is 5.92 Å². The van der Waals surface area contributed by atoms with E-state index in [4.69, 9.17) is 28.3 Å². The van der Waals surface area contributed by atoms with Crippen molar-refractivity contribution in [3.63, 3.8) is 0 Å². The molecule has 2 rings (SSSR count). The molecule has 1 heterocycles. The van der Waals surface area contributed by atoms with Gasteiger partial charge in [-0.1, -0.05) is 37.0 Å². The van der Waals surface area contributed by atoms with Crippen molar-refractivity contribution < 1.29 is 9.90 Å². The van der Waals surface area contributed by atoms with Crippen LogP contribution in [-0.4, -0.2) is 22.1 Å². The molecule has 0 amide bonds. The molecule has 0 fully saturated rings. The lowest BCUT2D eigenvalue weighted by Gasteiger charge is -2.16.